The summed E-state index contributed by atoms with van der Waals surface area (Å²) in [7, 11) is 0. The Hall–Kier alpha value is -1.50. The van der Waals surface area contributed by atoms with Crippen molar-refractivity contribution in [1.82, 2.24) is 10.3 Å². The van der Waals surface area contributed by atoms with Crippen LogP contribution in [0.4, 0.5) is 4.79 Å². The standard InChI is InChI=1S/C7H15N5O2/c1-5-4-14-3-2-12(5)11-6(8)10-7(9)13/h5H,2-4H2,1H3,(H5,8,9,10,11,13). The van der Waals surface area contributed by atoms with E-state index >= 15 is 0 Å². The molecule has 0 radical (unpaired) electrons. The molecule has 1 aliphatic rings. The summed E-state index contributed by atoms with van der Waals surface area (Å²) in [6.07, 6.45) is 0. The lowest BCUT2D eigenvalue weighted by Gasteiger charge is -2.30. The van der Waals surface area contributed by atoms with Crippen LogP contribution in [0.25, 0.3) is 0 Å². The molecule has 80 valence electrons. The average Bonchev–Trinajstić information content (AvgIpc) is 2.07. The van der Waals surface area contributed by atoms with E-state index in [0.717, 1.165) is 0 Å². The summed E-state index contributed by atoms with van der Waals surface area (Å²) >= 11 is 0. The molecule has 7 nitrogen and oxygen atoms in total. The van der Waals surface area contributed by atoms with E-state index in [0.29, 0.717) is 19.8 Å². The number of hydrogen-bond donors (Lipinski definition) is 3. The molecular weight excluding hydrogens is 186 g/mol. The minimum absolute atomic E-state index is 0.00579. The van der Waals surface area contributed by atoms with Crippen molar-refractivity contribution in [1.29, 1.82) is 0 Å². The van der Waals surface area contributed by atoms with Gasteiger partial charge in [0, 0.05) is 0 Å². The van der Waals surface area contributed by atoms with E-state index in [2.05, 4.69) is 10.4 Å². The van der Waals surface area contributed by atoms with Gasteiger partial charge in [0.05, 0.1) is 25.8 Å². The van der Waals surface area contributed by atoms with Crippen LogP contribution in [0.15, 0.2) is 5.10 Å². The molecule has 1 rings (SSSR count). The maximum atomic E-state index is 10.4. The quantitative estimate of drug-likeness (QED) is 0.358. The van der Waals surface area contributed by atoms with Gasteiger partial charge in [-0.05, 0) is 6.92 Å². The van der Waals surface area contributed by atoms with Crippen molar-refractivity contribution in [2.45, 2.75) is 13.0 Å². The molecule has 0 bridgehead atoms. The van der Waals surface area contributed by atoms with E-state index in [4.69, 9.17) is 16.2 Å². The lowest BCUT2D eigenvalue weighted by molar-refractivity contribution is 0.000821. The zero-order valence-corrected chi connectivity index (χ0v) is 8.06. The van der Waals surface area contributed by atoms with Crippen LogP contribution in [0.1, 0.15) is 6.92 Å². The van der Waals surface area contributed by atoms with Crippen LogP contribution in [0, 0.1) is 0 Å². The molecule has 2 amide bonds. The Morgan fingerprint density at radius 2 is 2.36 bits per heavy atom. The van der Waals surface area contributed by atoms with Gasteiger partial charge in [-0.1, -0.05) is 0 Å². The van der Waals surface area contributed by atoms with E-state index in [-0.39, 0.29) is 12.0 Å². The lowest BCUT2D eigenvalue weighted by Crippen LogP contribution is -2.46. The van der Waals surface area contributed by atoms with Gasteiger partial charge in [0.2, 0.25) is 5.96 Å². The summed E-state index contributed by atoms with van der Waals surface area (Å²) < 4.78 is 5.21. The fourth-order valence-electron chi connectivity index (χ4n) is 1.16. The second-order valence-corrected chi connectivity index (χ2v) is 3.06. The summed E-state index contributed by atoms with van der Waals surface area (Å²) in [6.45, 7) is 3.83. The minimum atomic E-state index is -0.716. The topological polar surface area (TPSA) is 106 Å². The van der Waals surface area contributed by atoms with Crippen LogP contribution < -0.4 is 16.8 Å². The second kappa shape index (κ2) is 4.66. The monoisotopic (exact) mass is 201 g/mol. The molecule has 0 spiro atoms. The van der Waals surface area contributed by atoms with Crippen molar-refractivity contribution >= 4 is 12.0 Å². The number of nitrogens with zero attached hydrogens (tertiary/aromatic N) is 2. The first-order valence-electron chi connectivity index (χ1n) is 4.34. The number of hydrogen-bond acceptors (Lipinski definition) is 4. The van der Waals surface area contributed by atoms with Crippen molar-refractivity contribution in [3.8, 4) is 0 Å². The van der Waals surface area contributed by atoms with E-state index in [1.165, 1.54) is 0 Å². The third-order valence-electron chi connectivity index (χ3n) is 1.82. The third-order valence-corrected chi connectivity index (χ3v) is 1.82. The molecular formula is C7H15N5O2. The zero-order chi connectivity index (χ0) is 10.6. The van der Waals surface area contributed by atoms with E-state index in [1.807, 2.05) is 6.92 Å². The van der Waals surface area contributed by atoms with E-state index in [1.54, 1.807) is 5.01 Å². The molecule has 0 saturated carbocycles. The number of rotatable bonds is 1. The molecule has 1 saturated heterocycles. The number of morpholine rings is 1. The summed E-state index contributed by atoms with van der Waals surface area (Å²) in [5, 5.41) is 7.95. The molecule has 1 aliphatic heterocycles. The molecule has 14 heavy (non-hydrogen) atoms. The normalized spacial score (nSPS) is 23.4. The van der Waals surface area contributed by atoms with E-state index in [9.17, 15) is 4.79 Å². The van der Waals surface area contributed by atoms with Gasteiger partial charge >= 0.3 is 6.03 Å². The predicted octanol–water partition coefficient (Wildman–Crippen LogP) is -1.39. The number of carbonyl (C=O) groups excluding carboxylic acids is 1. The molecule has 0 aromatic carbocycles. The maximum Gasteiger partial charge on any atom is 0.318 e. The molecule has 1 unspecified atom stereocenters. The fourth-order valence-corrected chi connectivity index (χ4v) is 1.16. The van der Waals surface area contributed by atoms with Gasteiger partial charge in [-0.15, -0.1) is 5.10 Å². The highest BCUT2D eigenvalue weighted by molar-refractivity contribution is 5.94. The lowest BCUT2D eigenvalue weighted by atomic mass is 10.3. The van der Waals surface area contributed by atoms with Crippen LogP contribution in [0.3, 0.4) is 0 Å². The fraction of sp³-hybridized carbons (Fsp3) is 0.714. The summed E-state index contributed by atoms with van der Waals surface area (Å²) in [5.74, 6) is 0.00579. The molecule has 0 aromatic rings. The number of hydrazone groups is 1. The summed E-state index contributed by atoms with van der Waals surface area (Å²) in [4.78, 5) is 10.4. The molecule has 7 heteroatoms. The maximum absolute atomic E-state index is 10.4. The van der Waals surface area contributed by atoms with Gasteiger partial charge in [-0.2, -0.15) is 0 Å². The molecule has 5 N–H and O–H groups in total. The number of primary amides is 1. The average molecular weight is 201 g/mol. The Bertz CT molecular complexity index is 242. The highest BCUT2D eigenvalue weighted by Gasteiger charge is 2.17. The first kappa shape index (κ1) is 10.6. The Kier molecular flexibility index (Phi) is 3.52. The summed E-state index contributed by atoms with van der Waals surface area (Å²) in [6, 6.07) is -0.566. The molecule has 0 aliphatic carbocycles. The predicted molar refractivity (Wildman–Crippen MR) is 51.3 cm³/mol. The van der Waals surface area contributed by atoms with Gasteiger partial charge in [0.1, 0.15) is 0 Å². The first-order chi connectivity index (χ1) is 6.59. The second-order valence-electron chi connectivity index (χ2n) is 3.06. The van der Waals surface area contributed by atoms with Crippen LogP contribution in [0.2, 0.25) is 0 Å². The molecule has 1 atom stereocenters. The first-order valence-corrected chi connectivity index (χ1v) is 4.34. The Morgan fingerprint density at radius 3 is 2.93 bits per heavy atom. The molecule has 1 fully saturated rings. The van der Waals surface area contributed by atoms with Gasteiger partial charge in [-0.3, -0.25) is 10.3 Å². The van der Waals surface area contributed by atoms with Crippen LogP contribution in [-0.4, -0.2) is 42.8 Å². The Morgan fingerprint density at radius 1 is 1.64 bits per heavy atom. The van der Waals surface area contributed by atoms with Gasteiger partial charge in [-0.25, -0.2) is 4.79 Å². The van der Waals surface area contributed by atoms with Crippen LogP contribution in [0.5, 0.6) is 0 Å². The number of urea groups is 1. The number of carbonyl (C=O) groups is 1. The summed E-state index contributed by atoms with van der Waals surface area (Å²) in [5.41, 5.74) is 10.3. The van der Waals surface area contributed by atoms with Gasteiger partial charge < -0.3 is 16.2 Å². The molecule has 1 heterocycles. The van der Waals surface area contributed by atoms with Crippen molar-refractivity contribution in [2.75, 3.05) is 19.8 Å². The smallest absolute Gasteiger partial charge is 0.318 e. The SMILES string of the molecule is CC1COCCN1/N=C(\N)NC(N)=O. The van der Waals surface area contributed by atoms with E-state index < -0.39 is 6.03 Å². The van der Waals surface area contributed by atoms with Gasteiger partial charge in [0.15, 0.2) is 0 Å². The molecule has 0 aromatic heterocycles. The highest BCUT2D eigenvalue weighted by atomic mass is 16.5. The largest absolute Gasteiger partial charge is 0.377 e. The van der Waals surface area contributed by atoms with Crippen molar-refractivity contribution in [3.05, 3.63) is 0 Å². The van der Waals surface area contributed by atoms with Crippen molar-refractivity contribution in [2.24, 2.45) is 16.6 Å². The third kappa shape index (κ3) is 3.09. The number of amides is 2. The Labute approximate surface area is 82.1 Å². The minimum Gasteiger partial charge on any atom is -0.377 e. The number of guanidine groups is 1. The van der Waals surface area contributed by atoms with Crippen LogP contribution in [-0.2, 0) is 4.74 Å². The van der Waals surface area contributed by atoms with Crippen LogP contribution >= 0.6 is 0 Å². The van der Waals surface area contributed by atoms with Gasteiger partial charge in [0.25, 0.3) is 0 Å². The number of nitrogens with two attached hydrogens (primary N) is 2. The van der Waals surface area contributed by atoms with Crippen molar-refractivity contribution < 1.29 is 9.53 Å². The highest BCUT2D eigenvalue weighted by Crippen LogP contribution is 2.05. The Balaban J connectivity index is 2.51. The zero-order valence-electron chi connectivity index (χ0n) is 8.06. The number of ether oxygens (including phenoxy) is 1. The van der Waals surface area contributed by atoms with Crippen molar-refractivity contribution in [3.63, 3.8) is 0 Å². The number of nitrogens with one attached hydrogen (secondary N) is 1.